The van der Waals surface area contributed by atoms with Crippen molar-refractivity contribution in [1.29, 1.82) is 0 Å². The fraction of sp³-hybridized carbons (Fsp3) is 0.917. The van der Waals surface area contributed by atoms with E-state index >= 15 is 0 Å². The Balaban J connectivity index is 0. The average Bonchev–Trinajstić information content (AvgIpc) is 2.22. The number of halogens is 1. The monoisotopic (exact) mass is 236 g/mol. The normalized spacial score (nSPS) is 11.6. The molecule has 0 aliphatic carbocycles. The zero-order valence-corrected chi connectivity index (χ0v) is 10.9. The minimum absolute atomic E-state index is 0. The average molecular weight is 237 g/mol. The number of hydrogen-bond donors (Lipinski definition) is 0. The van der Waals surface area contributed by atoms with Crippen molar-refractivity contribution >= 4 is 18.9 Å². The van der Waals surface area contributed by atoms with Gasteiger partial charge in [0.05, 0.1) is 6.61 Å². The zero-order valence-electron chi connectivity index (χ0n) is 10.0. The molecule has 0 amide bonds. The second-order valence-electron chi connectivity index (χ2n) is 3.91. The van der Waals surface area contributed by atoms with E-state index in [2.05, 4.69) is 13.8 Å². The quantitative estimate of drug-likeness (QED) is 0.424. The van der Waals surface area contributed by atoms with Gasteiger partial charge in [0.1, 0.15) is 0 Å². The van der Waals surface area contributed by atoms with Gasteiger partial charge in [-0.2, -0.15) is 0 Å². The molecule has 0 spiro atoms. The molecule has 0 aliphatic heterocycles. The molecule has 92 valence electrons. The van der Waals surface area contributed by atoms with E-state index in [4.69, 9.17) is 4.74 Å². The van der Waals surface area contributed by atoms with Crippen LogP contribution >= 0.6 is 12.4 Å². The first-order valence-electron chi connectivity index (χ1n) is 5.90. The predicted molar refractivity (Wildman–Crippen MR) is 66.4 cm³/mol. The van der Waals surface area contributed by atoms with Crippen LogP contribution in [-0.2, 0) is 9.53 Å². The van der Waals surface area contributed by atoms with E-state index in [1.807, 2.05) is 0 Å². The lowest BCUT2D eigenvalue weighted by Crippen LogP contribution is -2.07. The smallest absolute Gasteiger partial charge is 0.293 e. The van der Waals surface area contributed by atoms with E-state index in [1.165, 1.54) is 38.5 Å². The molecule has 3 heteroatoms. The molecule has 0 saturated heterocycles. The molecule has 0 saturated carbocycles. The number of ether oxygens (including phenoxy) is 1. The molecule has 0 rings (SSSR count). The standard InChI is InChI=1S/C12H24O2.ClH/c1-3-5-6-7-8-9-12(4-2)10-14-11-13;/h11-12H,3-10H2,1-2H3;1H. The topological polar surface area (TPSA) is 26.3 Å². The van der Waals surface area contributed by atoms with Gasteiger partial charge in [0, 0.05) is 0 Å². The molecule has 0 aromatic heterocycles. The molecule has 1 unspecified atom stereocenters. The van der Waals surface area contributed by atoms with Gasteiger partial charge in [0.25, 0.3) is 6.47 Å². The Labute approximate surface area is 100 Å². The Morgan fingerprint density at radius 1 is 1.13 bits per heavy atom. The van der Waals surface area contributed by atoms with E-state index < -0.39 is 0 Å². The maximum absolute atomic E-state index is 10.0. The highest BCUT2D eigenvalue weighted by Crippen LogP contribution is 2.14. The van der Waals surface area contributed by atoms with E-state index in [0.29, 0.717) is 19.0 Å². The Hall–Kier alpha value is -0.240. The maximum atomic E-state index is 10.0. The summed E-state index contributed by atoms with van der Waals surface area (Å²) < 4.78 is 4.78. The number of carbonyl (C=O) groups excluding carboxylic acids is 1. The van der Waals surface area contributed by atoms with E-state index in [0.717, 1.165) is 6.42 Å². The second kappa shape index (κ2) is 13.8. The first-order chi connectivity index (χ1) is 6.85. The van der Waals surface area contributed by atoms with E-state index in [1.54, 1.807) is 0 Å². The van der Waals surface area contributed by atoms with Crippen molar-refractivity contribution in [2.75, 3.05) is 6.61 Å². The van der Waals surface area contributed by atoms with Gasteiger partial charge in [-0.15, -0.1) is 12.4 Å². The predicted octanol–water partition coefficient (Wildman–Crippen LogP) is 3.97. The van der Waals surface area contributed by atoms with Crippen molar-refractivity contribution in [3.05, 3.63) is 0 Å². The molecule has 0 aromatic carbocycles. The lowest BCUT2D eigenvalue weighted by Gasteiger charge is -2.12. The first kappa shape index (κ1) is 17.2. The summed E-state index contributed by atoms with van der Waals surface area (Å²) in [6, 6.07) is 0. The maximum Gasteiger partial charge on any atom is 0.293 e. The molecule has 0 heterocycles. The molecule has 1 atom stereocenters. The van der Waals surface area contributed by atoms with Gasteiger partial charge in [-0.05, 0) is 12.3 Å². The van der Waals surface area contributed by atoms with Crippen molar-refractivity contribution in [3.63, 3.8) is 0 Å². The minimum atomic E-state index is 0. The van der Waals surface area contributed by atoms with Gasteiger partial charge in [0.15, 0.2) is 0 Å². The van der Waals surface area contributed by atoms with Crippen LogP contribution in [0.25, 0.3) is 0 Å². The zero-order chi connectivity index (χ0) is 10.6. The van der Waals surface area contributed by atoms with Crippen molar-refractivity contribution in [2.24, 2.45) is 5.92 Å². The van der Waals surface area contributed by atoms with Crippen LogP contribution in [0.5, 0.6) is 0 Å². The van der Waals surface area contributed by atoms with Crippen molar-refractivity contribution in [1.82, 2.24) is 0 Å². The summed E-state index contributed by atoms with van der Waals surface area (Å²) in [5, 5.41) is 0. The lowest BCUT2D eigenvalue weighted by molar-refractivity contribution is -0.130. The van der Waals surface area contributed by atoms with Crippen LogP contribution in [0.3, 0.4) is 0 Å². The highest BCUT2D eigenvalue weighted by molar-refractivity contribution is 5.85. The number of rotatable bonds is 10. The van der Waals surface area contributed by atoms with Gasteiger partial charge < -0.3 is 4.74 Å². The van der Waals surface area contributed by atoms with Gasteiger partial charge >= 0.3 is 0 Å². The molecule has 0 aromatic rings. The number of carbonyl (C=O) groups is 1. The summed E-state index contributed by atoms with van der Waals surface area (Å²) in [4.78, 5) is 10.0. The minimum Gasteiger partial charge on any atom is -0.468 e. The van der Waals surface area contributed by atoms with Crippen molar-refractivity contribution in [3.8, 4) is 0 Å². The molecular weight excluding hydrogens is 212 g/mol. The van der Waals surface area contributed by atoms with Crippen LogP contribution < -0.4 is 0 Å². The molecular formula is C12H25ClO2. The Kier molecular flexibility index (Phi) is 15.7. The Morgan fingerprint density at radius 2 is 1.80 bits per heavy atom. The van der Waals surface area contributed by atoms with Gasteiger partial charge in [0.2, 0.25) is 0 Å². The third-order valence-electron chi connectivity index (χ3n) is 2.69. The van der Waals surface area contributed by atoms with Crippen molar-refractivity contribution in [2.45, 2.75) is 58.8 Å². The number of unbranched alkanes of at least 4 members (excludes halogenated alkanes) is 4. The summed E-state index contributed by atoms with van der Waals surface area (Å²) in [6.07, 6.45) is 8.91. The molecule has 0 N–H and O–H groups in total. The number of hydrogen-bond acceptors (Lipinski definition) is 2. The van der Waals surface area contributed by atoms with Crippen LogP contribution in [0.15, 0.2) is 0 Å². The first-order valence-corrected chi connectivity index (χ1v) is 5.90. The van der Waals surface area contributed by atoms with Crippen molar-refractivity contribution < 1.29 is 9.53 Å². The van der Waals surface area contributed by atoms with Gasteiger partial charge in [-0.1, -0.05) is 52.4 Å². The summed E-state index contributed by atoms with van der Waals surface area (Å²) >= 11 is 0. The van der Waals surface area contributed by atoms with Gasteiger partial charge in [-0.25, -0.2) is 0 Å². The third-order valence-corrected chi connectivity index (χ3v) is 2.69. The summed E-state index contributed by atoms with van der Waals surface area (Å²) in [5.41, 5.74) is 0. The molecule has 2 nitrogen and oxygen atoms in total. The molecule has 0 bridgehead atoms. The van der Waals surface area contributed by atoms with Gasteiger partial charge in [-0.3, -0.25) is 4.79 Å². The van der Waals surface area contributed by atoms with Crippen LogP contribution in [0.1, 0.15) is 58.8 Å². The Morgan fingerprint density at radius 3 is 2.33 bits per heavy atom. The van der Waals surface area contributed by atoms with Crippen LogP contribution in [-0.4, -0.2) is 13.1 Å². The lowest BCUT2D eigenvalue weighted by atomic mass is 9.99. The third kappa shape index (κ3) is 11.7. The fourth-order valence-electron chi connectivity index (χ4n) is 1.62. The van der Waals surface area contributed by atoms with Crippen LogP contribution in [0, 0.1) is 5.92 Å². The Bertz CT molecular complexity index is 129. The molecule has 0 aliphatic rings. The summed E-state index contributed by atoms with van der Waals surface area (Å²) in [5.74, 6) is 0.571. The highest BCUT2D eigenvalue weighted by atomic mass is 35.5. The molecule has 0 fully saturated rings. The summed E-state index contributed by atoms with van der Waals surface area (Å²) in [6.45, 7) is 5.55. The highest BCUT2D eigenvalue weighted by Gasteiger charge is 2.05. The van der Waals surface area contributed by atoms with E-state index in [-0.39, 0.29) is 12.4 Å². The largest absolute Gasteiger partial charge is 0.468 e. The van der Waals surface area contributed by atoms with Crippen LogP contribution in [0.4, 0.5) is 0 Å². The second-order valence-corrected chi connectivity index (χ2v) is 3.91. The molecule has 15 heavy (non-hydrogen) atoms. The summed E-state index contributed by atoms with van der Waals surface area (Å²) in [7, 11) is 0. The molecule has 0 radical (unpaired) electrons. The van der Waals surface area contributed by atoms with Crippen LogP contribution in [0.2, 0.25) is 0 Å². The SMILES string of the molecule is CCCCCCCC(CC)COC=O.Cl. The fourth-order valence-corrected chi connectivity index (χ4v) is 1.62. The van der Waals surface area contributed by atoms with E-state index in [9.17, 15) is 4.79 Å².